The van der Waals surface area contributed by atoms with Crippen LogP contribution in [0.4, 0.5) is 13.2 Å². The van der Waals surface area contributed by atoms with Gasteiger partial charge in [0, 0.05) is 0 Å². The summed E-state index contributed by atoms with van der Waals surface area (Å²) in [5.74, 6) is -1.80. The summed E-state index contributed by atoms with van der Waals surface area (Å²) in [6, 6.07) is 0. The van der Waals surface area contributed by atoms with Crippen LogP contribution in [0.15, 0.2) is 0 Å². The number of hydrogen-bond donors (Lipinski definition) is 1. The minimum atomic E-state index is -2.48. The second-order valence-corrected chi connectivity index (χ2v) is 2.44. The lowest BCUT2D eigenvalue weighted by molar-refractivity contribution is -0.145. The van der Waals surface area contributed by atoms with Gasteiger partial charge in [-0.2, -0.15) is 0 Å². The summed E-state index contributed by atoms with van der Waals surface area (Å²) in [6.45, 7) is -0.587. The largest absolute Gasteiger partial charge is 0.479 e. The number of hydrogen-bond acceptors (Lipinski definition) is 1. The van der Waals surface area contributed by atoms with Crippen LogP contribution in [0.25, 0.3) is 0 Å². The van der Waals surface area contributed by atoms with Crippen molar-refractivity contribution in [3.63, 3.8) is 0 Å². The van der Waals surface area contributed by atoms with Gasteiger partial charge in [0.2, 0.25) is 6.17 Å². The topological polar surface area (TPSA) is 37.3 Å². The molecule has 0 aromatic rings. The number of halogens is 4. The third-order valence-corrected chi connectivity index (χ3v) is 1.42. The molecule has 0 aliphatic rings. The highest BCUT2D eigenvalue weighted by atomic mass is 35.5. The van der Waals surface area contributed by atoms with Gasteiger partial charge >= 0.3 is 5.97 Å². The first kappa shape index (κ1) is 15.0. The minimum Gasteiger partial charge on any atom is -0.479 e. The highest BCUT2D eigenvalue weighted by Gasteiger charge is 2.26. The molecule has 0 aromatic carbocycles. The van der Waals surface area contributed by atoms with Gasteiger partial charge in [-0.1, -0.05) is 0 Å². The fourth-order valence-electron chi connectivity index (χ4n) is 0.735. The van der Waals surface area contributed by atoms with Crippen molar-refractivity contribution in [2.75, 3.05) is 6.67 Å². The van der Waals surface area contributed by atoms with E-state index in [4.69, 9.17) is 5.11 Å². The number of unbranched alkanes of at least 4 members (excludes halogenated alkanes) is 1. The van der Waals surface area contributed by atoms with Gasteiger partial charge < -0.3 is 5.11 Å². The second kappa shape index (κ2) is 8.16. The maximum atomic E-state index is 12.5. The summed E-state index contributed by atoms with van der Waals surface area (Å²) in [5, 5.41) is 8.02. The summed E-state index contributed by atoms with van der Waals surface area (Å²) in [6.07, 6.45) is -4.42. The van der Waals surface area contributed by atoms with Gasteiger partial charge in [-0.15, -0.1) is 12.4 Å². The van der Waals surface area contributed by atoms with Crippen LogP contribution >= 0.6 is 12.4 Å². The van der Waals surface area contributed by atoms with Gasteiger partial charge in [-0.05, 0) is 19.3 Å². The zero-order valence-electron chi connectivity index (χ0n) is 6.88. The summed E-state index contributed by atoms with van der Waals surface area (Å²) >= 11 is 0. The average Bonchev–Trinajstić information content (AvgIpc) is 2.03. The van der Waals surface area contributed by atoms with Gasteiger partial charge in [0.15, 0.2) is 0 Å². The monoisotopic (exact) mass is 220 g/mol. The second-order valence-electron chi connectivity index (χ2n) is 2.44. The molecule has 0 heterocycles. The molecule has 1 N–H and O–H groups in total. The number of rotatable bonds is 6. The van der Waals surface area contributed by atoms with E-state index >= 15 is 0 Å². The highest BCUT2D eigenvalue weighted by Crippen LogP contribution is 2.12. The third-order valence-electron chi connectivity index (χ3n) is 1.42. The molecule has 0 fully saturated rings. The zero-order valence-corrected chi connectivity index (χ0v) is 7.70. The first-order chi connectivity index (χ1) is 5.59. The van der Waals surface area contributed by atoms with Crippen LogP contribution in [0, 0.1) is 0 Å². The van der Waals surface area contributed by atoms with E-state index in [1.165, 1.54) is 0 Å². The van der Waals surface area contributed by atoms with E-state index in [1.54, 1.807) is 0 Å². The molecule has 0 aromatic heterocycles. The van der Waals surface area contributed by atoms with Crippen molar-refractivity contribution < 1.29 is 23.1 Å². The van der Waals surface area contributed by atoms with Gasteiger partial charge in [0.05, 0.1) is 6.67 Å². The Morgan fingerprint density at radius 3 is 2.23 bits per heavy atom. The molecule has 13 heavy (non-hydrogen) atoms. The Labute approximate surface area is 80.5 Å². The molecular formula is C7H12ClF3O2. The molecule has 2 atom stereocenters. The minimum absolute atomic E-state index is 0. The van der Waals surface area contributed by atoms with Gasteiger partial charge in [-0.25, -0.2) is 13.6 Å². The Balaban J connectivity index is 0. The maximum absolute atomic E-state index is 12.5. The Morgan fingerprint density at radius 1 is 1.31 bits per heavy atom. The summed E-state index contributed by atoms with van der Waals surface area (Å²) in [4.78, 5) is 9.88. The van der Waals surface area contributed by atoms with Crippen LogP contribution in [-0.2, 0) is 4.79 Å². The van der Waals surface area contributed by atoms with Gasteiger partial charge in [0.1, 0.15) is 6.17 Å². The SMILES string of the molecule is Cl.O=C(O)C(F)C(F)CCCCF. The lowest BCUT2D eigenvalue weighted by Gasteiger charge is -2.07. The van der Waals surface area contributed by atoms with Crippen LogP contribution in [0.5, 0.6) is 0 Å². The molecule has 0 spiro atoms. The number of alkyl halides is 3. The molecular weight excluding hydrogens is 209 g/mol. The molecule has 2 nitrogen and oxygen atoms in total. The van der Waals surface area contributed by atoms with Gasteiger partial charge in [-0.3, -0.25) is 4.39 Å². The molecule has 0 saturated carbocycles. The van der Waals surface area contributed by atoms with E-state index in [-0.39, 0.29) is 31.7 Å². The van der Waals surface area contributed by atoms with Crippen LogP contribution in [0.2, 0.25) is 0 Å². The molecule has 6 heteroatoms. The molecule has 80 valence electrons. The van der Waals surface area contributed by atoms with Gasteiger partial charge in [0.25, 0.3) is 0 Å². The molecule has 0 aliphatic carbocycles. The van der Waals surface area contributed by atoms with Crippen LogP contribution in [-0.4, -0.2) is 30.1 Å². The molecule has 0 amide bonds. The fraction of sp³-hybridized carbons (Fsp3) is 0.857. The Bertz CT molecular complexity index is 146. The van der Waals surface area contributed by atoms with E-state index in [1.807, 2.05) is 0 Å². The van der Waals surface area contributed by atoms with E-state index in [9.17, 15) is 18.0 Å². The molecule has 0 rings (SSSR count). The molecule has 0 aliphatic heterocycles. The quantitative estimate of drug-likeness (QED) is 0.698. The van der Waals surface area contributed by atoms with E-state index in [0.29, 0.717) is 0 Å². The van der Waals surface area contributed by atoms with Crippen LogP contribution in [0.3, 0.4) is 0 Å². The summed E-state index contributed by atoms with van der Waals surface area (Å²) in [5.41, 5.74) is 0. The fourth-order valence-corrected chi connectivity index (χ4v) is 0.735. The van der Waals surface area contributed by atoms with Crippen molar-refractivity contribution in [2.24, 2.45) is 0 Å². The van der Waals surface area contributed by atoms with Crippen molar-refractivity contribution in [1.82, 2.24) is 0 Å². The van der Waals surface area contributed by atoms with E-state index < -0.39 is 25.0 Å². The Morgan fingerprint density at radius 2 is 1.85 bits per heavy atom. The summed E-state index contributed by atoms with van der Waals surface area (Å²) < 4.78 is 36.2. The van der Waals surface area contributed by atoms with E-state index in [2.05, 4.69) is 0 Å². The number of carboxylic acids is 1. The standard InChI is InChI=1S/C7H11F3O2.ClH/c8-4-2-1-3-5(9)6(10)7(11)12;/h5-6H,1-4H2,(H,11,12);1H. The predicted octanol–water partition coefficient (Wildman–Crippen LogP) is 2.31. The predicted molar refractivity (Wildman–Crippen MR) is 44.5 cm³/mol. The van der Waals surface area contributed by atoms with Crippen molar-refractivity contribution in [1.29, 1.82) is 0 Å². The number of aliphatic carboxylic acids is 1. The molecule has 0 saturated heterocycles. The van der Waals surface area contributed by atoms with Crippen molar-refractivity contribution in [3.05, 3.63) is 0 Å². The van der Waals surface area contributed by atoms with Crippen molar-refractivity contribution in [3.8, 4) is 0 Å². The molecule has 2 unspecified atom stereocenters. The van der Waals surface area contributed by atoms with E-state index in [0.717, 1.165) is 0 Å². The number of carboxylic acid groups (broad SMARTS) is 1. The molecule has 0 bridgehead atoms. The maximum Gasteiger partial charge on any atom is 0.341 e. The lowest BCUT2D eigenvalue weighted by atomic mass is 10.1. The normalized spacial score (nSPS) is 14.4. The molecule has 0 radical (unpaired) electrons. The first-order valence-electron chi connectivity index (χ1n) is 3.66. The highest BCUT2D eigenvalue weighted by molar-refractivity contribution is 5.85. The summed E-state index contributed by atoms with van der Waals surface area (Å²) in [7, 11) is 0. The van der Waals surface area contributed by atoms with Crippen molar-refractivity contribution in [2.45, 2.75) is 31.6 Å². The zero-order chi connectivity index (χ0) is 9.56. The Hall–Kier alpha value is -0.450. The van der Waals surface area contributed by atoms with Crippen molar-refractivity contribution >= 4 is 18.4 Å². The third kappa shape index (κ3) is 6.69. The lowest BCUT2D eigenvalue weighted by Crippen LogP contribution is -2.26. The van der Waals surface area contributed by atoms with Crippen LogP contribution < -0.4 is 0 Å². The number of carbonyl (C=O) groups is 1. The Kier molecular flexibility index (Phi) is 9.44. The van der Waals surface area contributed by atoms with Crippen LogP contribution in [0.1, 0.15) is 19.3 Å². The first-order valence-corrected chi connectivity index (χ1v) is 3.66. The average molecular weight is 221 g/mol. The smallest absolute Gasteiger partial charge is 0.341 e.